The summed E-state index contributed by atoms with van der Waals surface area (Å²) in [5, 5.41) is 2.69. The molecule has 6 heteroatoms. The standard InChI is InChI=1S/C6H14N2O3S/c1-5(2)7-4-12(10,11)8-6(3)9/h5,7H,4H2,1-3H3,(H,8,9). The number of rotatable bonds is 4. The summed E-state index contributed by atoms with van der Waals surface area (Å²) in [4.78, 5) is 10.4. The van der Waals surface area contributed by atoms with Crippen molar-refractivity contribution < 1.29 is 13.2 Å². The van der Waals surface area contributed by atoms with Crippen LogP contribution in [0.15, 0.2) is 0 Å². The van der Waals surface area contributed by atoms with Crippen LogP contribution in [0.2, 0.25) is 0 Å². The van der Waals surface area contributed by atoms with Crippen LogP contribution in [0.4, 0.5) is 0 Å². The molecule has 0 aliphatic rings. The van der Waals surface area contributed by atoms with Gasteiger partial charge in [0.1, 0.15) is 5.88 Å². The predicted octanol–water partition coefficient (Wildman–Crippen LogP) is -0.592. The number of hydrogen-bond acceptors (Lipinski definition) is 4. The first-order valence-electron chi connectivity index (χ1n) is 3.58. The molecule has 0 saturated heterocycles. The van der Waals surface area contributed by atoms with Gasteiger partial charge in [-0.1, -0.05) is 0 Å². The third-order valence-electron chi connectivity index (χ3n) is 0.981. The normalized spacial score (nSPS) is 11.7. The minimum atomic E-state index is -3.49. The molecule has 1 amide bonds. The van der Waals surface area contributed by atoms with E-state index in [1.165, 1.54) is 0 Å². The zero-order chi connectivity index (χ0) is 9.78. The molecule has 72 valence electrons. The Balaban J connectivity index is 3.98. The molecule has 2 N–H and O–H groups in total. The van der Waals surface area contributed by atoms with Crippen LogP contribution >= 0.6 is 0 Å². The third-order valence-corrected chi connectivity index (χ3v) is 2.13. The van der Waals surface area contributed by atoms with Crippen LogP contribution in [0.3, 0.4) is 0 Å². The van der Waals surface area contributed by atoms with Crippen molar-refractivity contribution in [1.82, 2.24) is 10.0 Å². The van der Waals surface area contributed by atoms with E-state index in [0.29, 0.717) is 0 Å². The highest BCUT2D eigenvalue weighted by molar-refractivity contribution is 7.89. The van der Waals surface area contributed by atoms with Crippen LogP contribution < -0.4 is 10.0 Å². The SMILES string of the molecule is CC(=O)NS(=O)(=O)CNC(C)C. The van der Waals surface area contributed by atoms with Crippen molar-refractivity contribution in [2.24, 2.45) is 0 Å². The van der Waals surface area contributed by atoms with E-state index in [9.17, 15) is 13.2 Å². The van der Waals surface area contributed by atoms with Gasteiger partial charge in [-0.25, -0.2) is 8.42 Å². The Kier molecular flexibility index (Phi) is 4.19. The van der Waals surface area contributed by atoms with Gasteiger partial charge in [-0.05, 0) is 13.8 Å². The zero-order valence-electron chi connectivity index (χ0n) is 7.42. The Morgan fingerprint density at radius 1 is 1.42 bits per heavy atom. The molecule has 0 saturated carbocycles. The van der Waals surface area contributed by atoms with Crippen LogP contribution in [0.1, 0.15) is 20.8 Å². The van der Waals surface area contributed by atoms with Crippen molar-refractivity contribution >= 4 is 15.9 Å². The average molecular weight is 194 g/mol. The molecule has 0 rings (SSSR count). The number of amides is 1. The van der Waals surface area contributed by atoms with Gasteiger partial charge in [-0.15, -0.1) is 0 Å². The summed E-state index contributed by atoms with van der Waals surface area (Å²) in [5.74, 6) is -0.801. The van der Waals surface area contributed by atoms with E-state index in [4.69, 9.17) is 0 Å². The van der Waals surface area contributed by atoms with Gasteiger partial charge in [-0.2, -0.15) is 0 Å². The fourth-order valence-electron chi connectivity index (χ4n) is 0.531. The lowest BCUT2D eigenvalue weighted by atomic mass is 10.4. The third kappa shape index (κ3) is 6.11. The molecule has 0 aliphatic carbocycles. The second-order valence-corrected chi connectivity index (χ2v) is 4.50. The lowest BCUT2D eigenvalue weighted by Crippen LogP contribution is -2.38. The Hall–Kier alpha value is -0.620. The van der Waals surface area contributed by atoms with Gasteiger partial charge >= 0.3 is 0 Å². The molecule has 0 aromatic carbocycles. The lowest BCUT2D eigenvalue weighted by Gasteiger charge is -2.08. The number of carbonyl (C=O) groups excluding carboxylic acids is 1. The highest BCUT2D eigenvalue weighted by Gasteiger charge is 2.10. The topological polar surface area (TPSA) is 75.3 Å². The number of carbonyl (C=O) groups is 1. The van der Waals surface area contributed by atoms with Crippen molar-refractivity contribution in [3.8, 4) is 0 Å². The molecular formula is C6H14N2O3S. The fourth-order valence-corrected chi connectivity index (χ4v) is 1.59. The first-order valence-corrected chi connectivity index (χ1v) is 5.23. The van der Waals surface area contributed by atoms with Gasteiger partial charge in [0.25, 0.3) is 0 Å². The summed E-state index contributed by atoms with van der Waals surface area (Å²) in [6, 6.07) is 0.0773. The number of hydrogen-bond donors (Lipinski definition) is 2. The van der Waals surface area contributed by atoms with Gasteiger partial charge in [-0.3, -0.25) is 14.8 Å². The van der Waals surface area contributed by atoms with E-state index in [1.54, 1.807) is 0 Å². The van der Waals surface area contributed by atoms with Gasteiger partial charge in [0.15, 0.2) is 0 Å². The summed E-state index contributed by atoms with van der Waals surface area (Å²) >= 11 is 0. The summed E-state index contributed by atoms with van der Waals surface area (Å²) in [6.07, 6.45) is 0. The summed E-state index contributed by atoms with van der Waals surface area (Å²) in [7, 11) is -3.49. The molecule has 0 aromatic heterocycles. The van der Waals surface area contributed by atoms with E-state index in [0.717, 1.165) is 6.92 Å². The number of sulfonamides is 1. The Labute approximate surface area is 72.6 Å². The molecule has 0 radical (unpaired) electrons. The molecule has 0 unspecified atom stereocenters. The zero-order valence-corrected chi connectivity index (χ0v) is 8.23. The molecule has 0 fully saturated rings. The molecule has 0 aromatic rings. The highest BCUT2D eigenvalue weighted by Crippen LogP contribution is 1.83. The monoisotopic (exact) mass is 194 g/mol. The van der Waals surface area contributed by atoms with Gasteiger partial charge in [0.05, 0.1) is 0 Å². The summed E-state index contributed by atoms with van der Waals surface area (Å²) in [6.45, 7) is 4.81. The molecule has 0 spiro atoms. The smallest absolute Gasteiger partial charge is 0.248 e. The fraction of sp³-hybridized carbons (Fsp3) is 0.833. The van der Waals surface area contributed by atoms with Crippen LogP contribution in [0.25, 0.3) is 0 Å². The van der Waals surface area contributed by atoms with E-state index in [1.807, 2.05) is 18.6 Å². The Bertz CT molecular complexity index is 246. The quantitative estimate of drug-likeness (QED) is 0.627. The Morgan fingerprint density at radius 2 is 1.92 bits per heavy atom. The Morgan fingerprint density at radius 3 is 2.25 bits per heavy atom. The lowest BCUT2D eigenvalue weighted by molar-refractivity contribution is -0.117. The average Bonchev–Trinajstić information content (AvgIpc) is 1.81. The second kappa shape index (κ2) is 4.42. The van der Waals surface area contributed by atoms with Crippen molar-refractivity contribution in [2.75, 3.05) is 5.88 Å². The maximum Gasteiger partial charge on any atom is 0.248 e. The van der Waals surface area contributed by atoms with Gasteiger partial charge in [0, 0.05) is 13.0 Å². The molecular weight excluding hydrogens is 180 g/mol. The molecule has 0 bridgehead atoms. The van der Waals surface area contributed by atoms with Crippen molar-refractivity contribution in [3.63, 3.8) is 0 Å². The maximum absolute atomic E-state index is 11.0. The maximum atomic E-state index is 11.0. The number of nitrogens with one attached hydrogen (secondary N) is 2. The molecule has 0 aliphatic heterocycles. The summed E-state index contributed by atoms with van der Waals surface area (Å²) in [5.41, 5.74) is 0. The molecule has 0 heterocycles. The first-order chi connectivity index (χ1) is 5.33. The molecule has 5 nitrogen and oxygen atoms in total. The minimum Gasteiger partial charge on any atom is -0.300 e. The van der Waals surface area contributed by atoms with Crippen LogP contribution in [0.5, 0.6) is 0 Å². The highest BCUT2D eigenvalue weighted by atomic mass is 32.2. The van der Waals surface area contributed by atoms with Crippen molar-refractivity contribution in [1.29, 1.82) is 0 Å². The minimum absolute atomic E-state index is 0.0773. The second-order valence-electron chi connectivity index (χ2n) is 2.78. The predicted molar refractivity (Wildman–Crippen MR) is 45.9 cm³/mol. The molecule has 0 atom stereocenters. The van der Waals surface area contributed by atoms with Crippen molar-refractivity contribution in [3.05, 3.63) is 0 Å². The van der Waals surface area contributed by atoms with Crippen LogP contribution in [-0.4, -0.2) is 26.2 Å². The van der Waals surface area contributed by atoms with E-state index >= 15 is 0 Å². The van der Waals surface area contributed by atoms with Crippen LogP contribution in [-0.2, 0) is 14.8 Å². The van der Waals surface area contributed by atoms with E-state index < -0.39 is 15.9 Å². The molecule has 12 heavy (non-hydrogen) atoms. The first kappa shape index (κ1) is 11.4. The van der Waals surface area contributed by atoms with Crippen molar-refractivity contribution in [2.45, 2.75) is 26.8 Å². The largest absolute Gasteiger partial charge is 0.300 e. The summed E-state index contributed by atoms with van der Waals surface area (Å²) < 4.78 is 23.7. The van der Waals surface area contributed by atoms with Gasteiger partial charge in [0.2, 0.25) is 15.9 Å². The van der Waals surface area contributed by atoms with E-state index in [2.05, 4.69) is 5.32 Å². The van der Waals surface area contributed by atoms with Crippen LogP contribution in [0, 0.1) is 0 Å². The van der Waals surface area contributed by atoms with E-state index in [-0.39, 0.29) is 11.9 Å². The van der Waals surface area contributed by atoms with Gasteiger partial charge < -0.3 is 0 Å².